The molecule has 4 heteroatoms. The van der Waals surface area contributed by atoms with Crippen LogP contribution in [0, 0.1) is 5.82 Å². The Kier molecular flexibility index (Phi) is 6.36. The molecule has 0 aliphatic rings. The summed E-state index contributed by atoms with van der Waals surface area (Å²) in [6, 6.07) is 13.7. The van der Waals surface area contributed by atoms with Crippen molar-refractivity contribution in [2.45, 2.75) is 19.8 Å². The lowest BCUT2D eigenvalue weighted by atomic mass is 9.98. The van der Waals surface area contributed by atoms with Crippen LogP contribution in [0.25, 0.3) is 5.57 Å². The van der Waals surface area contributed by atoms with Crippen molar-refractivity contribution < 1.29 is 13.9 Å². The number of esters is 1. The molecule has 23 heavy (non-hydrogen) atoms. The molecule has 0 aromatic heterocycles. The van der Waals surface area contributed by atoms with Crippen molar-refractivity contribution >= 4 is 23.1 Å². The van der Waals surface area contributed by atoms with Crippen LogP contribution in [0.2, 0.25) is 5.02 Å². The molecule has 0 atom stereocenters. The number of carbonyl (C=O) groups is 1. The summed E-state index contributed by atoms with van der Waals surface area (Å²) in [5, 5.41) is 0.689. The van der Waals surface area contributed by atoms with Gasteiger partial charge in [0.05, 0.1) is 6.61 Å². The minimum atomic E-state index is -0.386. The van der Waals surface area contributed by atoms with Crippen LogP contribution in [0.15, 0.2) is 54.6 Å². The topological polar surface area (TPSA) is 26.3 Å². The fourth-order valence-corrected chi connectivity index (χ4v) is 2.35. The molecule has 2 nitrogen and oxygen atoms in total. The van der Waals surface area contributed by atoms with Gasteiger partial charge < -0.3 is 4.74 Å². The maximum atomic E-state index is 13.1. The van der Waals surface area contributed by atoms with Gasteiger partial charge in [-0.15, -0.1) is 0 Å². The van der Waals surface area contributed by atoms with Gasteiger partial charge >= 0.3 is 5.97 Å². The molecule has 0 spiro atoms. The Labute approximate surface area is 140 Å². The Hall–Kier alpha value is -2.13. The van der Waals surface area contributed by atoms with Gasteiger partial charge in [-0.1, -0.05) is 35.9 Å². The van der Waals surface area contributed by atoms with E-state index in [0.717, 1.165) is 23.1 Å². The summed E-state index contributed by atoms with van der Waals surface area (Å²) >= 11 is 5.88. The van der Waals surface area contributed by atoms with Gasteiger partial charge in [-0.25, -0.2) is 9.18 Å². The number of allylic oxidation sites excluding steroid dienone is 1. The Morgan fingerprint density at radius 3 is 2.39 bits per heavy atom. The Morgan fingerprint density at radius 2 is 1.78 bits per heavy atom. The zero-order chi connectivity index (χ0) is 16.7. The van der Waals surface area contributed by atoms with Gasteiger partial charge in [0.15, 0.2) is 0 Å². The Balaban J connectivity index is 2.17. The van der Waals surface area contributed by atoms with Gasteiger partial charge in [-0.2, -0.15) is 0 Å². The summed E-state index contributed by atoms with van der Waals surface area (Å²) in [6.45, 7) is 2.08. The van der Waals surface area contributed by atoms with Gasteiger partial charge in [0.2, 0.25) is 0 Å². The van der Waals surface area contributed by atoms with E-state index in [1.54, 1.807) is 19.1 Å². The highest BCUT2D eigenvalue weighted by molar-refractivity contribution is 6.30. The van der Waals surface area contributed by atoms with Crippen LogP contribution >= 0.6 is 11.6 Å². The maximum Gasteiger partial charge on any atom is 0.331 e. The fraction of sp³-hybridized carbons (Fsp3) is 0.211. The number of hydrogen-bond acceptors (Lipinski definition) is 2. The van der Waals surface area contributed by atoms with Crippen LogP contribution in [-0.4, -0.2) is 12.6 Å². The molecule has 0 fully saturated rings. The summed E-state index contributed by atoms with van der Waals surface area (Å²) in [5.74, 6) is -0.690. The monoisotopic (exact) mass is 332 g/mol. The minimum absolute atomic E-state index is 0.304. The molecule has 0 saturated heterocycles. The van der Waals surface area contributed by atoms with Crippen LogP contribution in [0.1, 0.15) is 24.5 Å². The molecule has 0 saturated carbocycles. The highest BCUT2D eigenvalue weighted by atomic mass is 35.5. The lowest BCUT2D eigenvalue weighted by Crippen LogP contribution is -2.02. The molecule has 0 N–H and O–H groups in total. The molecule has 2 rings (SSSR count). The first-order chi connectivity index (χ1) is 11.1. The molecule has 2 aromatic carbocycles. The van der Waals surface area contributed by atoms with E-state index >= 15 is 0 Å². The molecule has 0 amide bonds. The highest BCUT2D eigenvalue weighted by Crippen LogP contribution is 2.22. The van der Waals surface area contributed by atoms with E-state index in [-0.39, 0.29) is 11.8 Å². The van der Waals surface area contributed by atoms with Crippen molar-refractivity contribution in [2.75, 3.05) is 6.61 Å². The van der Waals surface area contributed by atoms with Gasteiger partial charge in [0, 0.05) is 11.1 Å². The second-order valence-corrected chi connectivity index (χ2v) is 5.49. The average Bonchev–Trinajstić information content (AvgIpc) is 2.54. The predicted octanol–water partition coefficient (Wildman–Crippen LogP) is 5.06. The first-order valence-electron chi connectivity index (χ1n) is 7.46. The molecule has 0 aliphatic carbocycles. The van der Waals surface area contributed by atoms with E-state index in [2.05, 4.69) is 0 Å². The van der Waals surface area contributed by atoms with Crippen LogP contribution in [-0.2, 0) is 16.0 Å². The number of rotatable bonds is 6. The van der Waals surface area contributed by atoms with Crippen LogP contribution < -0.4 is 0 Å². The Bertz CT molecular complexity index is 676. The summed E-state index contributed by atoms with van der Waals surface area (Å²) in [7, 11) is 0. The van der Waals surface area contributed by atoms with Crippen LogP contribution in [0.3, 0.4) is 0 Å². The molecule has 2 aromatic rings. The Morgan fingerprint density at radius 1 is 1.13 bits per heavy atom. The van der Waals surface area contributed by atoms with Crippen LogP contribution in [0.5, 0.6) is 0 Å². The minimum Gasteiger partial charge on any atom is -0.463 e. The third kappa shape index (κ3) is 5.53. The van der Waals surface area contributed by atoms with Gasteiger partial charge in [0.1, 0.15) is 5.82 Å². The summed E-state index contributed by atoms with van der Waals surface area (Å²) < 4.78 is 18.1. The number of halogens is 2. The molecule has 0 bridgehead atoms. The van der Waals surface area contributed by atoms with Crippen molar-refractivity contribution in [3.63, 3.8) is 0 Å². The fourth-order valence-electron chi connectivity index (χ4n) is 2.22. The van der Waals surface area contributed by atoms with E-state index in [4.69, 9.17) is 16.3 Å². The number of ether oxygens (including phenoxy) is 1. The highest BCUT2D eigenvalue weighted by Gasteiger charge is 2.07. The third-order valence-electron chi connectivity index (χ3n) is 3.39. The number of aryl methyl sites for hydroxylation is 1. The molecular weight excluding hydrogens is 315 g/mol. The lowest BCUT2D eigenvalue weighted by Gasteiger charge is -2.09. The number of carbonyl (C=O) groups excluding carboxylic acids is 1. The normalized spacial score (nSPS) is 11.3. The molecule has 120 valence electrons. The third-order valence-corrected chi connectivity index (χ3v) is 3.64. The smallest absolute Gasteiger partial charge is 0.331 e. The van der Waals surface area contributed by atoms with Crippen molar-refractivity contribution in [3.8, 4) is 0 Å². The second-order valence-electron chi connectivity index (χ2n) is 5.05. The predicted molar refractivity (Wildman–Crippen MR) is 90.8 cm³/mol. The van der Waals surface area contributed by atoms with E-state index in [0.29, 0.717) is 18.1 Å². The SMILES string of the molecule is CCOC(=O)/C=C(/CCc1ccc(Cl)cc1)c1ccc(F)cc1. The first kappa shape index (κ1) is 17.2. The largest absolute Gasteiger partial charge is 0.463 e. The quantitative estimate of drug-likeness (QED) is 0.546. The lowest BCUT2D eigenvalue weighted by molar-refractivity contribution is -0.137. The molecule has 0 aliphatic heterocycles. The van der Waals surface area contributed by atoms with E-state index in [1.165, 1.54) is 18.2 Å². The average molecular weight is 333 g/mol. The second kappa shape index (κ2) is 8.49. The standard InChI is InChI=1S/C19H18ClFO2/c1-2-23-19(22)13-16(15-7-11-18(21)12-8-15)6-3-14-4-9-17(20)10-5-14/h4-5,7-13H,2-3,6H2,1H3/b16-13-. The van der Waals surface area contributed by atoms with Crippen molar-refractivity contribution in [1.29, 1.82) is 0 Å². The summed E-state index contributed by atoms with van der Waals surface area (Å²) in [4.78, 5) is 11.8. The van der Waals surface area contributed by atoms with Crippen molar-refractivity contribution in [1.82, 2.24) is 0 Å². The summed E-state index contributed by atoms with van der Waals surface area (Å²) in [5.41, 5.74) is 2.75. The van der Waals surface area contributed by atoms with E-state index in [1.807, 2.05) is 24.3 Å². The molecule has 0 heterocycles. The van der Waals surface area contributed by atoms with E-state index in [9.17, 15) is 9.18 Å². The zero-order valence-electron chi connectivity index (χ0n) is 12.9. The summed E-state index contributed by atoms with van der Waals surface area (Å²) in [6.07, 6.45) is 2.87. The molecule has 0 unspecified atom stereocenters. The maximum absolute atomic E-state index is 13.1. The van der Waals surface area contributed by atoms with E-state index < -0.39 is 0 Å². The van der Waals surface area contributed by atoms with Gasteiger partial charge in [-0.05, 0) is 60.7 Å². The van der Waals surface area contributed by atoms with Gasteiger partial charge in [-0.3, -0.25) is 0 Å². The van der Waals surface area contributed by atoms with Crippen LogP contribution in [0.4, 0.5) is 4.39 Å². The van der Waals surface area contributed by atoms with Crippen molar-refractivity contribution in [2.24, 2.45) is 0 Å². The zero-order valence-corrected chi connectivity index (χ0v) is 13.6. The number of benzene rings is 2. The molecule has 0 radical (unpaired) electrons. The first-order valence-corrected chi connectivity index (χ1v) is 7.84. The number of hydrogen-bond donors (Lipinski definition) is 0. The molecular formula is C19H18ClFO2. The van der Waals surface area contributed by atoms with Gasteiger partial charge in [0.25, 0.3) is 0 Å². The van der Waals surface area contributed by atoms with Crippen molar-refractivity contribution in [3.05, 3.63) is 76.6 Å².